The zero-order chi connectivity index (χ0) is 10.7. The SMILES string of the molecule is CC(C(=O)O)C1=CC(C(=O)O)CC=C1. The maximum absolute atomic E-state index is 10.7. The molecular formula is C10H12O4. The molecule has 0 aliphatic heterocycles. The fourth-order valence-corrected chi connectivity index (χ4v) is 1.31. The lowest BCUT2D eigenvalue weighted by Crippen LogP contribution is -2.18. The Kier molecular flexibility index (Phi) is 3.06. The molecule has 0 saturated carbocycles. The number of carboxylic acids is 2. The number of carboxylic acid groups (broad SMARTS) is 2. The van der Waals surface area contributed by atoms with Crippen molar-refractivity contribution in [2.45, 2.75) is 13.3 Å². The van der Waals surface area contributed by atoms with Gasteiger partial charge in [-0.2, -0.15) is 0 Å². The minimum Gasteiger partial charge on any atom is -0.481 e. The molecule has 0 spiro atoms. The molecule has 14 heavy (non-hydrogen) atoms. The van der Waals surface area contributed by atoms with Gasteiger partial charge in [0.15, 0.2) is 0 Å². The standard InChI is InChI=1S/C10H12O4/c1-6(9(11)12)7-3-2-4-8(5-7)10(13)14/h2-3,5-6,8H,4H2,1H3,(H,11,12)(H,13,14). The highest BCUT2D eigenvalue weighted by Crippen LogP contribution is 2.22. The summed E-state index contributed by atoms with van der Waals surface area (Å²) in [7, 11) is 0. The van der Waals surface area contributed by atoms with E-state index in [0.29, 0.717) is 12.0 Å². The Morgan fingerprint density at radius 1 is 1.50 bits per heavy atom. The van der Waals surface area contributed by atoms with Crippen molar-refractivity contribution >= 4 is 11.9 Å². The number of aliphatic carboxylic acids is 2. The molecule has 0 heterocycles. The topological polar surface area (TPSA) is 74.6 Å². The van der Waals surface area contributed by atoms with Gasteiger partial charge in [-0.25, -0.2) is 0 Å². The highest BCUT2D eigenvalue weighted by Gasteiger charge is 2.21. The van der Waals surface area contributed by atoms with Crippen LogP contribution < -0.4 is 0 Å². The third-order valence-electron chi connectivity index (χ3n) is 2.28. The Balaban J connectivity index is 2.83. The normalized spacial score (nSPS) is 22.6. The van der Waals surface area contributed by atoms with Crippen LogP contribution in [0.5, 0.6) is 0 Å². The molecule has 2 unspecified atom stereocenters. The van der Waals surface area contributed by atoms with Gasteiger partial charge in [0.05, 0.1) is 11.8 Å². The minimum atomic E-state index is -0.938. The lowest BCUT2D eigenvalue weighted by atomic mass is 9.90. The van der Waals surface area contributed by atoms with Crippen molar-refractivity contribution in [3.8, 4) is 0 Å². The van der Waals surface area contributed by atoms with Crippen LogP contribution in [0.25, 0.3) is 0 Å². The minimum absolute atomic E-state index is 0.436. The Morgan fingerprint density at radius 3 is 2.64 bits per heavy atom. The Labute approximate surface area is 81.6 Å². The van der Waals surface area contributed by atoms with E-state index in [-0.39, 0.29) is 0 Å². The largest absolute Gasteiger partial charge is 0.481 e. The second-order valence-electron chi connectivity index (χ2n) is 3.31. The van der Waals surface area contributed by atoms with E-state index in [4.69, 9.17) is 10.2 Å². The van der Waals surface area contributed by atoms with E-state index >= 15 is 0 Å². The summed E-state index contributed by atoms with van der Waals surface area (Å²) in [6.45, 7) is 1.54. The molecule has 1 rings (SSSR count). The van der Waals surface area contributed by atoms with Crippen molar-refractivity contribution in [3.05, 3.63) is 23.8 Å². The van der Waals surface area contributed by atoms with Gasteiger partial charge in [0.25, 0.3) is 0 Å². The molecule has 0 saturated heterocycles. The van der Waals surface area contributed by atoms with Crippen LogP contribution in [0, 0.1) is 11.8 Å². The molecule has 1 aliphatic rings. The van der Waals surface area contributed by atoms with E-state index in [2.05, 4.69) is 0 Å². The van der Waals surface area contributed by atoms with Crippen LogP contribution in [0.4, 0.5) is 0 Å². The number of rotatable bonds is 3. The van der Waals surface area contributed by atoms with Crippen molar-refractivity contribution in [2.24, 2.45) is 11.8 Å². The fourth-order valence-electron chi connectivity index (χ4n) is 1.31. The third kappa shape index (κ3) is 2.22. The van der Waals surface area contributed by atoms with Gasteiger partial charge in [0, 0.05) is 0 Å². The van der Waals surface area contributed by atoms with Gasteiger partial charge < -0.3 is 10.2 Å². The summed E-state index contributed by atoms with van der Waals surface area (Å²) in [4.78, 5) is 21.3. The van der Waals surface area contributed by atoms with Crippen molar-refractivity contribution in [1.29, 1.82) is 0 Å². The molecule has 2 atom stereocenters. The summed E-state index contributed by atoms with van der Waals surface area (Å²) in [6.07, 6.45) is 5.33. The molecule has 0 amide bonds. The van der Waals surface area contributed by atoms with E-state index in [1.54, 1.807) is 19.1 Å². The van der Waals surface area contributed by atoms with Crippen LogP contribution in [0.2, 0.25) is 0 Å². The summed E-state index contributed by atoms with van der Waals surface area (Å²) in [6, 6.07) is 0. The molecule has 2 N–H and O–H groups in total. The highest BCUT2D eigenvalue weighted by atomic mass is 16.4. The van der Waals surface area contributed by atoms with E-state index in [0.717, 1.165) is 0 Å². The number of allylic oxidation sites excluding steroid dienone is 2. The average Bonchev–Trinajstić information content (AvgIpc) is 2.16. The summed E-state index contributed by atoms with van der Waals surface area (Å²) >= 11 is 0. The average molecular weight is 196 g/mol. The summed E-state index contributed by atoms with van der Waals surface area (Å²) in [5.74, 6) is -3.08. The number of hydrogen-bond donors (Lipinski definition) is 2. The lowest BCUT2D eigenvalue weighted by Gasteiger charge is -2.15. The van der Waals surface area contributed by atoms with Gasteiger partial charge >= 0.3 is 11.9 Å². The molecule has 4 nitrogen and oxygen atoms in total. The van der Waals surface area contributed by atoms with Gasteiger partial charge in [0.1, 0.15) is 0 Å². The van der Waals surface area contributed by atoms with Crippen molar-refractivity contribution in [2.75, 3.05) is 0 Å². The van der Waals surface area contributed by atoms with Gasteiger partial charge in [0.2, 0.25) is 0 Å². The zero-order valence-corrected chi connectivity index (χ0v) is 7.80. The number of hydrogen-bond acceptors (Lipinski definition) is 2. The van der Waals surface area contributed by atoms with Gasteiger partial charge in [-0.15, -0.1) is 0 Å². The fraction of sp³-hybridized carbons (Fsp3) is 0.400. The number of carbonyl (C=O) groups is 2. The molecule has 0 bridgehead atoms. The van der Waals surface area contributed by atoms with Crippen molar-refractivity contribution in [3.63, 3.8) is 0 Å². The molecule has 0 fully saturated rings. The van der Waals surface area contributed by atoms with Crippen molar-refractivity contribution in [1.82, 2.24) is 0 Å². The second-order valence-corrected chi connectivity index (χ2v) is 3.31. The smallest absolute Gasteiger partial charge is 0.310 e. The highest BCUT2D eigenvalue weighted by molar-refractivity contribution is 5.77. The maximum Gasteiger partial charge on any atom is 0.310 e. The van der Waals surface area contributed by atoms with E-state index in [9.17, 15) is 9.59 Å². The van der Waals surface area contributed by atoms with Crippen LogP contribution in [0.15, 0.2) is 23.8 Å². The summed E-state index contributed by atoms with van der Waals surface area (Å²) in [5.41, 5.74) is 0.566. The molecule has 0 aromatic heterocycles. The maximum atomic E-state index is 10.7. The first-order valence-electron chi connectivity index (χ1n) is 4.36. The monoisotopic (exact) mass is 196 g/mol. The molecule has 0 radical (unpaired) electrons. The molecule has 0 aromatic rings. The molecule has 0 aromatic carbocycles. The summed E-state index contributed by atoms with van der Waals surface area (Å²) < 4.78 is 0. The van der Waals surface area contributed by atoms with Crippen LogP contribution in [0.1, 0.15) is 13.3 Å². The second kappa shape index (κ2) is 4.09. The van der Waals surface area contributed by atoms with E-state index in [1.165, 1.54) is 6.08 Å². The third-order valence-corrected chi connectivity index (χ3v) is 2.28. The molecule has 4 heteroatoms. The first-order valence-corrected chi connectivity index (χ1v) is 4.36. The summed E-state index contributed by atoms with van der Waals surface area (Å²) in [5, 5.41) is 17.5. The quantitative estimate of drug-likeness (QED) is 0.713. The van der Waals surface area contributed by atoms with Crippen LogP contribution >= 0.6 is 0 Å². The predicted octanol–water partition coefficient (Wildman–Crippen LogP) is 1.29. The van der Waals surface area contributed by atoms with Gasteiger partial charge in [-0.3, -0.25) is 9.59 Å². The zero-order valence-electron chi connectivity index (χ0n) is 7.80. The Morgan fingerprint density at radius 2 is 2.14 bits per heavy atom. The van der Waals surface area contributed by atoms with Crippen LogP contribution in [-0.4, -0.2) is 22.2 Å². The Bertz CT molecular complexity index is 302. The molecule has 76 valence electrons. The van der Waals surface area contributed by atoms with Crippen LogP contribution in [-0.2, 0) is 9.59 Å². The van der Waals surface area contributed by atoms with E-state index < -0.39 is 23.8 Å². The first kappa shape index (κ1) is 10.5. The molecular weight excluding hydrogens is 184 g/mol. The van der Waals surface area contributed by atoms with Crippen LogP contribution in [0.3, 0.4) is 0 Å². The van der Waals surface area contributed by atoms with Gasteiger partial charge in [-0.05, 0) is 18.9 Å². The Hall–Kier alpha value is -1.58. The lowest BCUT2D eigenvalue weighted by molar-refractivity contribution is -0.141. The van der Waals surface area contributed by atoms with Crippen molar-refractivity contribution < 1.29 is 19.8 Å². The van der Waals surface area contributed by atoms with Gasteiger partial charge in [-0.1, -0.05) is 18.2 Å². The predicted molar refractivity (Wildman–Crippen MR) is 49.8 cm³/mol. The molecule has 1 aliphatic carbocycles. The first-order chi connectivity index (χ1) is 6.52. The van der Waals surface area contributed by atoms with E-state index in [1.807, 2.05) is 0 Å².